The maximum atomic E-state index is 11.6. The Bertz CT molecular complexity index is 489. The summed E-state index contributed by atoms with van der Waals surface area (Å²) >= 11 is 0. The van der Waals surface area contributed by atoms with Crippen molar-refractivity contribution in [2.24, 2.45) is 0 Å². The number of ether oxygens (including phenoxy) is 1. The van der Waals surface area contributed by atoms with Gasteiger partial charge in [-0.3, -0.25) is 14.9 Å². The zero-order chi connectivity index (χ0) is 15.7. The van der Waals surface area contributed by atoms with Gasteiger partial charge < -0.3 is 10.1 Å². The molecule has 0 aliphatic carbocycles. The Hall–Kier alpha value is -2.11. The van der Waals surface area contributed by atoms with E-state index in [1.54, 1.807) is 6.92 Å². The van der Waals surface area contributed by atoms with Gasteiger partial charge in [0.05, 0.1) is 4.92 Å². The third kappa shape index (κ3) is 6.25. The number of hydrogen-bond acceptors (Lipinski definition) is 4. The van der Waals surface area contributed by atoms with Crippen molar-refractivity contribution in [1.29, 1.82) is 0 Å². The van der Waals surface area contributed by atoms with Crippen LogP contribution in [0.4, 0.5) is 5.69 Å². The molecule has 1 N–H and O–H groups in total. The van der Waals surface area contributed by atoms with E-state index in [2.05, 4.69) is 12.2 Å². The highest BCUT2D eigenvalue weighted by Crippen LogP contribution is 2.22. The minimum Gasteiger partial charge on any atom is -0.484 e. The first-order valence-electron chi connectivity index (χ1n) is 7.19. The summed E-state index contributed by atoms with van der Waals surface area (Å²) in [6, 6.07) is 4.31. The fourth-order valence-corrected chi connectivity index (χ4v) is 1.88. The summed E-state index contributed by atoms with van der Waals surface area (Å²) < 4.78 is 5.38. The molecule has 0 fully saturated rings. The summed E-state index contributed by atoms with van der Waals surface area (Å²) in [5.41, 5.74) is 0.653. The van der Waals surface area contributed by atoms with Crippen molar-refractivity contribution in [2.45, 2.75) is 39.5 Å². The number of nitro benzene ring substituents is 1. The van der Waals surface area contributed by atoms with Crippen LogP contribution in [0.2, 0.25) is 0 Å². The van der Waals surface area contributed by atoms with Crippen LogP contribution in [-0.2, 0) is 4.79 Å². The Kier molecular flexibility index (Phi) is 7.21. The first kappa shape index (κ1) is 16.9. The van der Waals surface area contributed by atoms with Gasteiger partial charge in [-0.25, -0.2) is 0 Å². The number of benzene rings is 1. The molecule has 0 spiro atoms. The Morgan fingerprint density at radius 2 is 2.10 bits per heavy atom. The molecular formula is C15H22N2O4. The van der Waals surface area contributed by atoms with Crippen LogP contribution in [0.5, 0.6) is 5.75 Å². The van der Waals surface area contributed by atoms with E-state index in [4.69, 9.17) is 4.74 Å². The van der Waals surface area contributed by atoms with Crippen LogP contribution in [0.3, 0.4) is 0 Å². The Morgan fingerprint density at radius 3 is 2.71 bits per heavy atom. The third-order valence-electron chi connectivity index (χ3n) is 3.08. The first-order valence-corrected chi connectivity index (χ1v) is 7.19. The van der Waals surface area contributed by atoms with Crippen LogP contribution in [0, 0.1) is 17.0 Å². The second-order valence-electron chi connectivity index (χ2n) is 4.91. The van der Waals surface area contributed by atoms with Crippen molar-refractivity contribution in [2.75, 3.05) is 13.2 Å². The molecule has 0 aromatic heterocycles. The molecular weight excluding hydrogens is 272 g/mol. The lowest BCUT2D eigenvalue weighted by atomic mass is 10.2. The topological polar surface area (TPSA) is 81.5 Å². The average molecular weight is 294 g/mol. The lowest BCUT2D eigenvalue weighted by molar-refractivity contribution is -0.384. The normalized spacial score (nSPS) is 10.2. The maximum Gasteiger partial charge on any atom is 0.269 e. The van der Waals surface area contributed by atoms with Gasteiger partial charge in [-0.2, -0.15) is 0 Å². The predicted octanol–water partition coefficient (Wildman–Crippen LogP) is 2.98. The van der Waals surface area contributed by atoms with Crippen LogP contribution in [0.25, 0.3) is 0 Å². The molecule has 0 unspecified atom stereocenters. The van der Waals surface area contributed by atoms with E-state index in [1.807, 2.05) is 0 Å². The van der Waals surface area contributed by atoms with Crippen LogP contribution in [-0.4, -0.2) is 24.0 Å². The van der Waals surface area contributed by atoms with Crippen molar-refractivity contribution < 1.29 is 14.5 Å². The number of rotatable bonds is 9. The number of aryl methyl sites for hydroxylation is 1. The van der Waals surface area contributed by atoms with Crippen molar-refractivity contribution in [3.63, 3.8) is 0 Å². The van der Waals surface area contributed by atoms with E-state index in [9.17, 15) is 14.9 Å². The summed E-state index contributed by atoms with van der Waals surface area (Å²) in [4.78, 5) is 21.8. The maximum absolute atomic E-state index is 11.6. The Labute approximate surface area is 124 Å². The van der Waals surface area contributed by atoms with E-state index in [0.29, 0.717) is 17.9 Å². The number of non-ortho nitro benzene ring substituents is 1. The molecule has 0 bridgehead atoms. The SMILES string of the molecule is CCCCCCNC(=O)COc1ccc([N+](=O)[O-])cc1C. The fourth-order valence-electron chi connectivity index (χ4n) is 1.88. The number of unbranched alkanes of at least 4 members (excludes halogenated alkanes) is 3. The van der Waals surface area contributed by atoms with Crippen molar-refractivity contribution >= 4 is 11.6 Å². The summed E-state index contributed by atoms with van der Waals surface area (Å²) in [6.07, 6.45) is 4.42. The molecule has 6 heteroatoms. The molecule has 1 aromatic rings. The van der Waals surface area contributed by atoms with E-state index >= 15 is 0 Å². The lowest BCUT2D eigenvalue weighted by Crippen LogP contribution is -2.29. The van der Waals surface area contributed by atoms with Gasteiger partial charge in [0.25, 0.3) is 11.6 Å². The summed E-state index contributed by atoms with van der Waals surface area (Å²) in [5, 5.41) is 13.4. The van der Waals surface area contributed by atoms with E-state index in [1.165, 1.54) is 24.6 Å². The number of carbonyl (C=O) groups is 1. The minimum absolute atomic E-state index is 0.0141. The molecule has 1 amide bonds. The van der Waals surface area contributed by atoms with Gasteiger partial charge in [0.2, 0.25) is 0 Å². The van der Waals surface area contributed by atoms with Crippen molar-refractivity contribution in [1.82, 2.24) is 5.32 Å². The van der Waals surface area contributed by atoms with Gasteiger partial charge in [-0.1, -0.05) is 26.2 Å². The zero-order valence-corrected chi connectivity index (χ0v) is 12.6. The van der Waals surface area contributed by atoms with E-state index in [0.717, 1.165) is 19.3 Å². The summed E-state index contributed by atoms with van der Waals surface area (Å²) in [6.45, 7) is 4.43. The number of nitrogens with one attached hydrogen (secondary N) is 1. The highest BCUT2D eigenvalue weighted by molar-refractivity contribution is 5.77. The summed E-state index contributed by atoms with van der Waals surface area (Å²) in [7, 11) is 0. The monoisotopic (exact) mass is 294 g/mol. The number of nitro groups is 1. The smallest absolute Gasteiger partial charge is 0.269 e. The predicted molar refractivity (Wildman–Crippen MR) is 80.5 cm³/mol. The third-order valence-corrected chi connectivity index (χ3v) is 3.08. The molecule has 0 saturated heterocycles. The van der Waals surface area contributed by atoms with Gasteiger partial charge in [0.15, 0.2) is 6.61 Å². The number of amides is 1. The van der Waals surface area contributed by atoms with Crippen molar-refractivity contribution in [3.05, 3.63) is 33.9 Å². The Balaban J connectivity index is 2.34. The second-order valence-corrected chi connectivity index (χ2v) is 4.91. The zero-order valence-electron chi connectivity index (χ0n) is 12.6. The second kappa shape index (κ2) is 8.94. The molecule has 116 valence electrons. The van der Waals surface area contributed by atoms with Crippen LogP contribution < -0.4 is 10.1 Å². The number of carbonyl (C=O) groups excluding carboxylic acids is 1. The molecule has 0 saturated carbocycles. The number of hydrogen-bond donors (Lipinski definition) is 1. The van der Waals surface area contributed by atoms with E-state index in [-0.39, 0.29) is 18.2 Å². The average Bonchev–Trinajstić information content (AvgIpc) is 2.45. The van der Waals surface area contributed by atoms with Crippen LogP contribution in [0.15, 0.2) is 18.2 Å². The fraction of sp³-hybridized carbons (Fsp3) is 0.533. The van der Waals surface area contributed by atoms with Crippen LogP contribution in [0.1, 0.15) is 38.2 Å². The molecule has 1 aromatic carbocycles. The van der Waals surface area contributed by atoms with Gasteiger partial charge in [0.1, 0.15) is 5.75 Å². The van der Waals surface area contributed by atoms with E-state index < -0.39 is 4.92 Å². The molecule has 21 heavy (non-hydrogen) atoms. The van der Waals surface area contributed by atoms with Gasteiger partial charge in [-0.05, 0) is 25.0 Å². The molecule has 6 nitrogen and oxygen atoms in total. The lowest BCUT2D eigenvalue weighted by Gasteiger charge is -2.09. The first-order chi connectivity index (χ1) is 10.0. The molecule has 1 rings (SSSR count). The van der Waals surface area contributed by atoms with Gasteiger partial charge >= 0.3 is 0 Å². The van der Waals surface area contributed by atoms with Crippen LogP contribution >= 0.6 is 0 Å². The minimum atomic E-state index is -0.459. The Morgan fingerprint density at radius 1 is 1.33 bits per heavy atom. The quantitative estimate of drug-likeness (QED) is 0.431. The highest BCUT2D eigenvalue weighted by atomic mass is 16.6. The van der Waals surface area contributed by atoms with Crippen molar-refractivity contribution in [3.8, 4) is 5.75 Å². The largest absolute Gasteiger partial charge is 0.484 e. The molecule has 0 radical (unpaired) electrons. The molecule has 0 atom stereocenters. The standard InChI is InChI=1S/C15H22N2O4/c1-3-4-5-6-9-16-15(18)11-21-14-8-7-13(17(19)20)10-12(14)2/h7-8,10H,3-6,9,11H2,1-2H3,(H,16,18). The number of nitrogens with zero attached hydrogens (tertiary/aromatic N) is 1. The summed E-state index contributed by atoms with van der Waals surface area (Å²) in [5.74, 6) is 0.311. The van der Waals surface area contributed by atoms with Gasteiger partial charge in [0, 0.05) is 18.7 Å². The van der Waals surface area contributed by atoms with Gasteiger partial charge in [-0.15, -0.1) is 0 Å². The molecule has 0 aliphatic heterocycles. The molecule has 0 heterocycles. The highest BCUT2D eigenvalue weighted by Gasteiger charge is 2.10. The molecule has 0 aliphatic rings.